The number of aromatic hydroxyl groups is 1. The number of hydrogen-bond donors (Lipinski definition) is 1. The number of anilines is 1. The number of carbonyl (C=O) groups is 1. The summed E-state index contributed by atoms with van der Waals surface area (Å²) < 4.78 is 16.5. The fraction of sp³-hybridized carbons (Fsp3) is 0.353. The molecule has 3 aromatic rings. The van der Waals surface area contributed by atoms with Gasteiger partial charge in [0, 0.05) is 43.2 Å². The summed E-state index contributed by atoms with van der Waals surface area (Å²) in [5.41, 5.74) is 0.633. The third-order valence-corrected chi connectivity index (χ3v) is 10.2. The summed E-state index contributed by atoms with van der Waals surface area (Å²) in [5, 5.41) is 19.9. The van der Waals surface area contributed by atoms with Gasteiger partial charge in [0.05, 0.1) is 38.2 Å². The van der Waals surface area contributed by atoms with Crippen LogP contribution in [0.5, 0.6) is 5.75 Å². The van der Waals surface area contributed by atoms with Crippen LogP contribution in [0, 0.1) is 23.1 Å². The van der Waals surface area contributed by atoms with E-state index in [4.69, 9.17) is 51.4 Å². The number of benzene rings is 1. The zero-order valence-electron chi connectivity index (χ0n) is 27.1. The third kappa shape index (κ3) is 5.61. The topological polar surface area (TPSA) is 106 Å². The lowest BCUT2D eigenvalue weighted by atomic mass is 9.93. The highest BCUT2D eigenvalue weighted by Gasteiger charge is 2.37. The minimum atomic E-state index is -1.13. The van der Waals surface area contributed by atoms with Crippen molar-refractivity contribution in [3.05, 3.63) is 78.4 Å². The number of hydrogen-bond acceptors (Lipinski definition) is 7. The van der Waals surface area contributed by atoms with Crippen LogP contribution >= 0.6 is 46.4 Å². The minimum absolute atomic E-state index is 0.00667. The number of amides is 1. The van der Waals surface area contributed by atoms with Gasteiger partial charge in [-0.1, -0.05) is 66.8 Å². The molecule has 2 aromatic heterocycles. The van der Waals surface area contributed by atoms with Crippen LogP contribution in [-0.4, -0.2) is 68.6 Å². The van der Waals surface area contributed by atoms with Crippen molar-refractivity contribution in [1.82, 2.24) is 19.4 Å². The first-order valence-corrected chi connectivity index (χ1v) is 16.6. The summed E-state index contributed by atoms with van der Waals surface area (Å²) >= 11 is 25.7. The number of nitrogens with zero attached hydrogens (tertiary/aromatic N) is 6. The molecule has 1 amide bonds. The summed E-state index contributed by atoms with van der Waals surface area (Å²) in [5.74, 6) is -2.10. The van der Waals surface area contributed by atoms with Crippen LogP contribution in [-0.2, 0) is 4.79 Å². The molecule has 48 heavy (non-hydrogen) atoms. The fourth-order valence-electron chi connectivity index (χ4n) is 6.90. The molecule has 9 nitrogen and oxygen atoms in total. The van der Waals surface area contributed by atoms with Crippen molar-refractivity contribution in [2.45, 2.75) is 52.7 Å². The maximum Gasteiger partial charge on any atom is 0.276 e. The number of fused-ring (bicyclic) bond motifs is 1. The molecule has 1 N–H and O–H groups in total. The molecule has 0 bridgehead atoms. The number of aromatic nitrogens is 2. The highest BCUT2D eigenvalue weighted by Crippen LogP contribution is 2.48. The number of halogens is 5. The van der Waals surface area contributed by atoms with Gasteiger partial charge in [-0.15, -0.1) is 0 Å². The Morgan fingerprint density at radius 1 is 1.17 bits per heavy atom. The number of allylic oxidation sites excluding steroid dienone is 2. The Labute approximate surface area is 297 Å². The molecule has 14 heteroatoms. The van der Waals surface area contributed by atoms with Crippen LogP contribution in [0.2, 0.25) is 20.1 Å². The van der Waals surface area contributed by atoms with E-state index in [1.807, 2.05) is 63.7 Å². The molecule has 1 aromatic carbocycles. The summed E-state index contributed by atoms with van der Waals surface area (Å²) in [7, 11) is 1.89. The molecule has 2 aliphatic rings. The molecule has 1 unspecified atom stereocenters. The van der Waals surface area contributed by atoms with Crippen molar-refractivity contribution in [1.29, 1.82) is 5.26 Å². The molecular weight excluding hydrogens is 701 g/mol. The summed E-state index contributed by atoms with van der Waals surface area (Å²) in [6.07, 6.45) is 5.04. The van der Waals surface area contributed by atoms with E-state index in [1.165, 1.54) is 16.7 Å². The van der Waals surface area contributed by atoms with E-state index >= 15 is 4.39 Å². The quantitative estimate of drug-likeness (QED) is 0.163. The Bertz CT molecular complexity index is 2010. The van der Waals surface area contributed by atoms with Crippen LogP contribution in [0.1, 0.15) is 40.2 Å². The van der Waals surface area contributed by atoms with Crippen molar-refractivity contribution in [3.63, 3.8) is 0 Å². The Balaban J connectivity index is 1.94. The summed E-state index contributed by atoms with van der Waals surface area (Å²) in [6.45, 7) is 13.8. The number of phenols is 1. The lowest BCUT2D eigenvalue weighted by Gasteiger charge is -2.45. The van der Waals surface area contributed by atoms with Crippen molar-refractivity contribution in [2.24, 2.45) is 5.92 Å². The van der Waals surface area contributed by atoms with E-state index in [0.717, 1.165) is 5.57 Å². The second-order valence-corrected chi connectivity index (χ2v) is 14.0. The highest BCUT2D eigenvalue weighted by atomic mass is 35.5. The Kier molecular flexibility index (Phi) is 9.84. The minimum Gasteiger partial charge on any atom is -0.505 e. The average molecular weight is 734 g/mol. The van der Waals surface area contributed by atoms with Crippen molar-refractivity contribution in [3.8, 4) is 23.1 Å². The first kappa shape index (κ1) is 35.6. The molecule has 0 saturated carbocycles. The molecule has 5 rings (SSSR count). The second-order valence-electron chi connectivity index (χ2n) is 12.4. The van der Waals surface area contributed by atoms with Crippen LogP contribution in [0.25, 0.3) is 28.0 Å². The molecule has 4 heterocycles. The summed E-state index contributed by atoms with van der Waals surface area (Å²) in [6, 6.07) is 2.74. The van der Waals surface area contributed by atoms with Crippen LogP contribution in [0.3, 0.4) is 0 Å². The second kappa shape index (κ2) is 13.3. The smallest absolute Gasteiger partial charge is 0.276 e. The van der Waals surface area contributed by atoms with E-state index in [2.05, 4.69) is 12.6 Å². The lowest BCUT2D eigenvalue weighted by molar-refractivity contribution is -0.130. The fourth-order valence-corrected chi connectivity index (χ4v) is 8.04. The first-order valence-electron chi connectivity index (χ1n) is 15.1. The molecule has 0 aliphatic carbocycles. The number of phenolic OH excluding ortho intramolecular Hbond substituents is 1. The van der Waals surface area contributed by atoms with E-state index < -0.39 is 27.2 Å². The lowest BCUT2D eigenvalue weighted by Crippen LogP contribution is -2.58. The molecular formula is C34H33Cl4FN6O3. The van der Waals surface area contributed by atoms with Gasteiger partial charge in [-0.25, -0.2) is 9.37 Å². The van der Waals surface area contributed by atoms with Crippen molar-refractivity contribution < 1.29 is 14.3 Å². The molecule has 252 valence electrons. The van der Waals surface area contributed by atoms with Gasteiger partial charge in [-0.3, -0.25) is 14.2 Å². The predicted octanol–water partition coefficient (Wildman–Crippen LogP) is 7.72. The number of rotatable bonds is 5. The largest absolute Gasteiger partial charge is 0.505 e. The highest BCUT2D eigenvalue weighted by molar-refractivity contribution is 6.44. The van der Waals surface area contributed by atoms with Gasteiger partial charge in [-0.05, 0) is 56.7 Å². The third-order valence-electron chi connectivity index (χ3n) is 8.88. The van der Waals surface area contributed by atoms with Crippen LogP contribution in [0.4, 0.5) is 10.1 Å². The Hall–Kier alpha value is -3.75. The number of pyridine rings is 2. The molecule has 0 radical (unpaired) electrons. The zero-order chi connectivity index (χ0) is 35.5. The van der Waals surface area contributed by atoms with Gasteiger partial charge in [0.1, 0.15) is 22.3 Å². The first-order chi connectivity index (χ1) is 22.6. The van der Waals surface area contributed by atoms with Gasteiger partial charge in [0.25, 0.3) is 5.56 Å². The number of piperazine rings is 1. The van der Waals surface area contributed by atoms with E-state index in [0.29, 0.717) is 16.8 Å². The van der Waals surface area contributed by atoms with Crippen LogP contribution < -0.4 is 10.5 Å². The van der Waals surface area contributed by atoms with Gasteiger partial charge < -0.3 is 19.8 Å². The summed E-state index contributed by atoms with van der Waals surface area (Å²) in [4.78, 5) is 37.8. The molecule has 3 atom stereocenters. The molecule has 0 spiro atoms. The Morgan fingerprint density at radius 2 is 1.79 bits per heavy atom. The van der Waals surface area contributed by atoms with E-state index in [9.17, 15) is 20.0 Å². The monoisotopic (exact) mass is 732 g/mol. The van der Waals surface area contributed by atoms with Gasteiger partial charge in [-0.2, -0.15) is 5.26 Å². The zero-order valence-corrected chi connectivity index (χ0v) is 30.1. The van der Waals surface area contributed by atoms with Crippen molar-refractivity contribution >= 4 is 74.7 Å². The number of carbonyl (C=O) groups excluding carboxylic acids is 1. The maximum atomic E-state index is 15.1. The van der Waals surface area contributed by atoms with E-state index in [-0.39, 0.29) is 75.6 Å². The van der Waals surface area contributed by atoms with Gasteiger partial charge >= 0.3 is 0 Å². The van der Waals surface area contributed by atoms with E-state index in [1.54, 1.807) is 4.90 Å². The molecule has 2 aliphatic heterocycles. The Morgan fingerprint density at radius 3 is 2.35 bits per heavy atom. The SMILES string of the molecule is C=CC(=O)N1[C@H](C)CN(c2c(C#N)c(=O)n(C3=C(C)C=CN(C)C3C(C)C)c3nc(-c4c(Cl)c(O)c(Cl)c(F)c4Cl)c(Cl)cc23)C[C@@H]1C. The number of likely N-dealkylation sites (N-methyl/N-ethyl adjacent to an activating group) is 1. The standard InChI is InChI=1S/C34H33Cl4FN6O3/c1-8-22(46)44-17(5)13-43(14-18(44)6)31-19-11-21(35)28(23-24(36)27(39)26(38)32(47)25(23)37)41-33(19)45(34(48)20(31)12-40)30-16(4)9-10-42(7)29(30)15(2)3/h8-11,15,17-18,29,47H,1,13-14H2,2-7H3/t17-,18+,29?. The van der Waals surface area contributed by atoms with Gasteiger partial charge in [0.15, 0.2) is 11.6 Å². The van der Waals surface area contributed by atoms with Crippen molar-refractivity contribution in [2.75, 3.05) is 25.0 Å². The average Bonchev–Trinajstić information content (AvgIpc) is 3.03. The number of nitriles is 1. The molecule has 1 saturated heterocycles. The van der Waals surface area contributed by atoms with Crippen LogP contribution in [0.15, 0.2) is 41.4 Å². The predicted molar refractivity (Wildman–Crippen MR) is 190 cm³/mol. The maximum absolute atomic E-state index is 15.1. The molecule has 1 fully saturated rings. The van der Waals surface area contributed by atoms with Gasteiger partial charge in [0.2, 0.25) is 5.91 Å². The normalized spacial score (nSPS) is 19.8.